The number of carbonyl (C=O) groups excluding carboxylic acids is 2. The summed E-state index contributed by atoms with van der Waals surface area (Å²) in [7, 11) is 1.30. The predicted molar refractivity (Wildman–Crippen MR) is 130 cm³/mol. The minimum absolute atomic E-state index is 0.160. The molecular weight excluding hydrogens is 462 g/mol. The van der Waals surface area contributed by atoms with E-state index in [0.717, 1.165) is 16.0 Å². The monoisotopic (exact) mass is 481 g/mol. The maximum atomic E-state index is 12.7. The van der Waals surface area contributed by atoms with Crippen molar-refractivity contribution in [3.05, 3.63) is 94.2 Å². The molecule has 0 spiro atoms. The van der Waals surface area contributed by atoms with E-state index in [2.05, 4.69) is 11.9 Å². The van der Waals surface area contributed by atoms with Crippen LogP contribution >= 0.6 is 22.9 Å². The number of anilines is 1. The van der Waals surface area contributed by atoms with Crippen LogP contribution in [0.25, 0.3) is 10.1 Å². The van der Waals surface area contributed by atoms with Gasteiger partial charge in [0.05, 0.1) is 12.1 Å². The van der Waals surface area contributed by atoms with E-state index < -0.39 is 11.9 Å². The molecule has 0 saturated carbocycles. The molecule has 0 unspecified atom stereocenters. The number of benzene rings is 2. The first-order valence-electron chi connectivity index (χ1n) is 10.0. The molecule has 2 aromatic heterocycles. The van der Waals surface area contributed by atoms with Gasteiger partial charge in [-0.25, -0.2) is 4.79 Å². The Balaban J connectivity index is 1.44. The van der Waals surface area contributed by atoms with Gasteiger partial charge < -0.3 is 19.2 Å². The molecule has 0 aliphatic rings. The maximum absolute atomic E-state index is 12.7. The lowest BCUT2D eigenvalue weighted by molar-refractivity contribution is 0.0606. The van der Waals surface area contributed by atoms with E-state index in [1.165, 1.54) is 18.4 Å². The first-order valence-corrected chi connectivity index (χ1v) is 11.2. The molecule has 0 aliphatic carbocycles. The van der Waals surface area contributed by atoms with Crippen molar-refractivity contribution >= 4 is 50.6 Å². The van der Waals surface area contributed by atoms with Crippen LogP contribution in [0.3, 0.4) is 0 Å². The van der Waals surface area contributed by atoms with Gasteiger partial charge in [0, 0.05) is 15.8 Å². The molecule has 6 nitrogen and oxygen atoms in total. The van der Waals surface area contributed by atoms with Crippen molar-refractivity contribution in [1.82, 2.24) is 0 Å². The summed E-state index contributed by atoms with van der Waals surface area (Å²) in [5, 5.41) is 3.85. The normalized spacial score (nSPS) is 10.7. The Hall–Kier alpha value is -3.55. The zero-order valence-electron chi connectivity index (χ0n) is 17.7. The van der Waals surface area contributed by atoms with Crippen molar-refractivity contribution < 1.29 is 23.5 Å². The summed E-state index contributed by atoms with van der Waals surface area (Å²) < 4.78 is 17.0. The van der Waals surface area contributed by atoms with Crippen molar-refractivity contribution in [2.24, 2.45) is 0 Å². The topological polar surface area (TPSA) is 77.8 Å². The molecule has 1 N–H and O–H groups in total. The molecule has 4 aromatic rings. The Kier molecular flexibility index (Phi) is 6.82. The molecule has 2 aromatic carbocycles. The van der Waals surface area contributed by atoms with E-state index in [-0.39, 0.29) is 12.4 Å². The number of amides is 1. The van der Waals surface area contributed by atoms with Crippen LogP contribution in [-0.4, -0.2) is 19.0 Å². The molecule has 0 fully saturated rings. The SMILES string of the molecule is C=CCc1ccccc1OCc1ccc(C(=O)Nc2ccc3c(Cl)c(C(=O)OC)sc3c2)o1. The number of hydrogen-bond acceptors (Lipinski definition) is 6. The van der Waals surface area contributed by atoms with Gasteiger partial charge in [-0.3, -0.25) is 4.79 Å². The van der Waals surface area contributed by atoms with Crippen molar-refractivity contribution in [3.8, 4) is 5.75 Å². The highest BCUT2D eigenvalue weighted by molar-refractivity contribution is 7.21. The van der Waals surface area contributed by atoms with Gasteiger partial charge >= 0.3 is 5.97 Å². The molecule has 1 amide bonds. The van der Waals surface area contributed by atoms with Gasteiger partial charge in [0.15, 0.2) is 5.76 Å². The number of rotatable bonds is 8. The molecule has 2 heterocycles. The fraction of sp³-hybridized carbons (Fsp3) is 0.120. The van der Waals surface area contributed by atoms with Gasteiger partial charge in [0.2, 0.25) is 0 Å². The molecular formula is C25H20ClNO5S. The van der Waals surface area contributed by atoms with Crippen LogP contribution in [0.5, 0.6) is 5.75 Å². The van der Waals surface area contributed by atoms with Gasteiger partial charge in [-0.2, -0.15) is 0 Å². The average Bonchev–Trinajstić information content (AvgIpc) is 3.43. The Morgan fingerprint density at radius 3 is 2.79 bits per heavy atom. The number of para-hydroxylation sites is 1. The van der Waals surface area contributed by atoms with Gasteiger partial charge in [-0.05, 0) is 48.4 Å². The molecule has 168 valence electrons. The standard InChI is InChI=1S/C25H20ClNO5S/c1-3-6-15-7-4-5-8-19(15)31-14-17-10-12-20(32-17)24(28)27-16-9-11-18-21(13-16)33-23(22(18)26)25(29)30-2/h3-5,7-13H,1,6,14H2,2H3,(H,27,28). The highest BCUT2D eigenvalue weighted by atomic mass is 35.5. The van der Waals surface area contributed by atoms with Gasteiger partial charge in [-0.15, -0.1) is 17.9 Å². The van der Waals surface area contributed by atoms with Crippen LogP contribution in [0.1, 0.15) is 31.6 Å². The van der Waals surface area contributed by atoms with E-state index in [4.69, 9.17) is 25.5 Å². The zero-order chi connectivity index (χ0) is 23.4. The smallest absolute Gasteiger partial charge is 0.349 e. The maximum Gasteiger partial charge on any atom is 0.349 e. The Bertz CT molecular complexity index is 1340. The lowest BCUT2D eigenvalue weighted by Gasteiger charge is -2.09. The number of hydrogen-bond donors (Lipinski definition) is 1. The third-order valence-corrected chi connectivity index (χ3v) is 6.49. The molecule has 8 heteroatoms. The van der Waals surface area contributed by atoms with E-state index in [9.17, 15) is 9.59 Å². The summed E-state index contributed by atoms with van der Waals surface area (Å²) in [5.41, 5.74) is 1.57. The molecule has 4 rings (SSSR count). The van der Waals surface area contributed by atoms with Crippen LogP contribution in [0, 0.1) is 0 Å². The number of carbonyl (C=O) groups is 2. The lowest BCUT2D eigenvalue weighted by Crippen LogP contribution is -2.10. The van der Waals surface area contributed by atoms with Crippen LogP contribution < -0.4 is 10.1 Å². The molecule has 0 saturated heterocycles. The molecule has 0 radical (unpaired) electrons. The fourth-order valence-corrected chi connectivity index (χ4v) is 4.72. The van der Waals surface area contributed by atoms with Gasteiger partial charge in [0.1, 0.15) is 23.0 Å². The number of methoxy groups -OCH3 is 1. The summed E-state index contributed by atoms with van der Waals surface area (Å²) in [4.78, 5) is 24.8. The van der Waals surface area contributed by atoms with E-state index in [1.807, 2.05) is 30.3 Å². The van der Waals surface area contributed by atoms with E-state index >= 15 is 0 Å². The molecule has 33 heavy (non-hydrogen) atoms. The molecule has 0 aliphatic heterocycles. The minimum Gasteiger partial charge on any atom is -0.485 e. The fourth-order valence-electron chi connectivity index (χ4n) is 3.25. The summed E-state index contributed by atoms with van der Waals surface area (Å²) >= 11 is 7.48. The number of fused-ring (bicyclic) bond motifs is 1. The van der Waals surface area contributed by atoms with Crippen molar-refractivity contribution in [2.45, 2.75) is 13.0 Å². The Morgan fingerprint density at radius 1 is 1.18 bits per heavy atom. The summed E-state index contributed by atoms with van der Waals surface area (Å²) in [6.45, 7) is 3.95. The largest absolute Gasteiger partial charge is 0.485 e. The number of ether oxygens (including phenoxy) is 2. The van der Waals surface area contributed by atoms with Gasteiger partial charge in [0.25, 0.3) is 5.91 Å². The number of esters is 1. The van der Waals surface area contributed by atoms with Crippen LogP contribution in [0.15, 0.2) is 71.7 Å². The lowest BCUT2D eigenvalue weighted by atomic mass is 10.1. The van der Waals surface area contributed by atoms with Crippen molar-refractivity contribution in [1.29, 1.82) is 0 Å². The summed E-state index contributed by atoms with van der Waals surface area (Å²) in [6, 6.07) is 16.2. The van der Waals surface area contributed by atoms with Crippen molar-refractivity contribution in [2.75, 3.05) is 12.4 Å². The highest BCUT2D eigenvalue weighted by Crippen LogP contribution is 2.37. The second kappa shape index (κ2) is 9.94. The van der Waals surface area contributed by atoms with Crippen LogP contribution in [0.2, 0.25) is 5.02 Å². The third-order valence-electron chi connectivity index (χ3n) is 4.85. The van der Waals surface area contributed by atoms with Gasteiger partial charge in [-0.1, -0.05) is 35.9 Å². The second-order valence-corrected chi connectivity index (χ2v) is 8.49. The average molecular weight is 482 g/mol. The summed E-state index contributed by atoms with van der Waals surface area (Å²) in [5.74, 6) is 0.533. The first-order chi connectivity index (χ1) is 16.0. The Labute approximate surface area is 199 Å². The third kappa shape index (κ3) is 4.94. The molecule has 0 atom stereocenters. The summed E-state index contributed by atoms with van der Waals surface area (Å²) in [6.07, 6.45) is 2.51. The minimum atomic E-state index is -0.496. The van der Waals surface area contributed by atoms with E-state index in [1.54, 1.807) is 30.3 Å². The van der Waals surface area contributed by atoms with E-state index in [0.29, 0.717) is 33.2 Å². The Morgan fingerprint density at radius 2 is 2.00 bits per heavy atom. The molecule has 0 bridgehead atoms. The second-order valence-electron chi connectivity index (χ2n) is 7.06. The van der Waals surface area contributed by atoms with Crippen LogP contribution in [-0.2, 0) is 17.8 Å². The van der Waals surface area contributed by atoms with Crippen LogP contribution in [0.4, 0.5) is 5.69 Å². The highest BCUT2D eigenvalue weighted by Gasteiger charge is 2.19. The number of furan rings is 1. The first kappa shape index (κ1) is 22.6. The van der Waals surface area contributed by atoms with Crippen molar-refractivity contribution in [3.63, 3.8) is 0 Å². The number of halogens is 1. The predicted octanol–water partition coefficient (Wildman–Crippen LogP) is 6.49. The number of nitrogens with one attached hydrogen (secondary N) is 1. The zero-order valence-corrected chi connectivity index (χ0v) is 19.3. The quantitative estimate of drug-likeness (QED) is 0.230. The number of allylic oxidation sites excluding steroid dienone is 1. The number of thiophene rings is 1.